The molecular formula is C23H26FN3O3. The number of hydrogen-bond donors (Lipinski definition) is 0. The molecule has 4 rings (SSSR count). The van der Waals surface area contributed by atoms with Crippen molar-refractivity contribution in [3.8, 4) is 0 Å². The molecule has 30 heavy (non-hydrogen) atoms. The minimum Gasteiger partial charge on any atom is -0.382 e. The molecule has 1 fully saturated rings. The molecular weight excluding hydrogens is 385 g/mol. The van der Waals surface area contributed by atoms with Crippen molar-refractivity contribution < 1.29 is 18.7 Å². The van der Waals surface area contributed by atoms with E-state index in [4.69, 9.17) is 9.47 Å². The maximum atomic E-state index is 14.1. The van der Waals surface area contributed by atoms with E-state index in [1.54, 1.807) is 37.6 Å². The highest BCUT2D eigenvalue weighted by Crippen LogP contribution is 2.29. The molecule has 0 unspecified atom stereocenters. The van der Waals surface area contributed by atoms with Gasteiger partial charge in [-0.1, -0.05) is 24.3 Å². The first-order valence-corrected chi connectivity index (χ1v) is 10.2. The van der Waals surface area contributed by atoms with E-state index in [2.05, 4.69) is 4.98 Å². The number of rotatable bonds is 7. The zero-order valence-electron chi connectivity index (χ0n) is 17.1. The highest BCUT2D eigenvalue weighted by molar-refractivity contribution is 6.07. The Bertz CT molecular complexity index is 1010. The van der Waals surface area contributed by atoms with Crippen LogP contribution in [-0.4, -0.2) is 53.8 Å². The van der Waals surface area contributed by atoms with Gasteiger partial charge in [0.05, 0.1) is 13.2 Å². The number of carbonyl (C=O) groups is 1. The predicted molar refractivity (Wildman–Crippen MR) is 112 cm³/mol. The Kier molecular flexibility index (Phi) is 6.40. The van der Waals surface area contributed by atoms with Crippen LogP contribution in [0.5, 0.6) is 0 Å². The molecule has 2 aromatic carbocycles. The fraction of sp³-hybridized carbons (Fsp3) is 0.391. The molecule has 0 spiro atoms. The van der Waals surface area contributed by atoms with E-state index in [0.29, 0.717) is 49.4 Å². The predicted octanol–water partition coefficient (Wildman–Crippen LogP) is 3.82. The lowest BCUT2D eigenvalue weighted by atomic mass is 9.94. The molecule has 0 atom stereocenters. The molecule has 1 aliphatic rings. The lowest BCUT2D eigenvalue weighted by Crippen LogP contribution is -2.38. The van der Waals surface area contributed by atoms with Gasteiger partial charge in [0.25, 0.3) is 5.91 Å². The zero-order valence-corrected chi connectivity index (χ0v) is 17.1. The van der Waals surface area contributed by atoms with Crippen molar-refractivity contribution in [3.05, 3.63) is 66.0 Å². The van der Waals surface area contributed by atoms with E-state index in [9.17, 15) is 9.18 Å². The summed E-state index contributed by atoms with van der Waals surface area (Å²) in [6, 6.07) is 10.1. The van der Waals surface area contributed by atoms with Crippen molar-refractivity contribution in [1.82, 2.24) is 14.5 Å². The number of ether oxygens (including phenoxy) is 2. The number of imidazole rings is 1. The summed E-state index contributed by atoms with van der Waals surface area (Å²) in [6.45, 7) is 2.83. The molecule has 1 amide bonds. The molecule has 0 bridgehead atoms. The monoisotopic (exact) mass is 411 g/mol. The summed E-state index contributed by atoms with van der Waals surface area (Å²) in [7, 11) is 1.65. The van der Waals surface area contributed by atoms with Gasteiger partial charge in [-0.25, -0.2) is 9.37 Å². The van der Waals surface area contributed by atoms with Crippen LogP contribution in [0.15, 0.2) is 48.8 Å². The van der Waals surface area contributed by atoms with Gasteiger partial charge in [-0.15, -0.1) is 0 Å². The molecule has 1 saturated heterocycles. The number of halogens is 1. The summed E-state index contributed by atoms with van der Waals surface area (Å²) in [5.74, 6) is 0.920. The fourth-order valence-corrected chi connectivity index (χ4v) is 4.05. The van der Waals surface area contributed by atoms with Gasteiger partial charge in [-0.3, -0.25) is 4.79 Å². The number of hydrogen-bond acceptors (Lipinski definition) is 4. The van der Waals surface area contributed by atoms with Crippen LogP contribution in [0.2, 0.25) is 0 Å². The van der Waals surface area contributed by atoms with Gasteiger partial charge in [-0.2, -0.15) is 0 Å². The average molecular weight is 411 g/mol. The van der Waals surface area contributed by atoms with Crippen molar-refractivity contribution in [2.24, 2.45) is 0 Å². The Balaban J connectivity index is 1.42. The summed E-state index contributed by atoms with van der Waals surface area (Å²) < 4.78 is 26.7. The second kappa shape index (κ2) is 9.36. The van der Waals surface area contributed by atoms with Crippen LogP contribution in [0.25, 0.3) is 10.8 Å². The van der Waals surface area contributed by atoms with Crippen LogP contribution in [0.3, 0.4) is 0 Å². The van der Waals surface area contributed by atoms with Crippen molar-refractivity contribution in [3.63, 3.8) is 0 Å². The largest absolute Gasteiger partial charge is 0.382 e. The van der Waals surface area contributed by atoms with Gasteiger partial charge in [0.15, 0.2) is 0 Å². The van der Waals surface area contributed by atoms with Crippen LogP contribution in [0.4, 0.5) is 4.39 Å². The maximum absolute atomic E-state index is 14.1. The van der Waals surface area contributed by atoms with E-state index >= 15 is 0 Å². The lowest BCUT2D eigenvalue weighted by Gasteiger charge is -2.32. The maximum Gasteiger partial charge on any atom is 0.254 e. The Morgan fingerprint density at radius 1 is 1.13 bits per heavy atom. The van der Waals surface area contributed by atoms with E-state index < -0.39 is 0 Å². The van der Waals surface area contributed by atoms with E-state index in [0.717, 1.165) is 18.7 Å². The minimum absolute atomic E-state index is 0.0455. The molecule has 0 aliphatic carbocycles. The van der Waals surface area contributed by atoms with E-state index in [1.165, 1.54) is 6.07 Å². The number of fused-ring (bicyclic) bond motifs is 1. The second-order valence-corrected chi connectivity index (χ2v) is 7.49. The first kappa shape index (κ1) is 20.5. The van der Waals surface area contributed by atoms with E-state index in [-0.39, 0.29) is 17.6 Å². The Labute approximate surface area is 175 Å². The first-order chi connectivity index (χ1) is 14.7. The smallest absolute Gasteiger partial charge is 0.254 e. The number of aromatic nitrogens is 2. The molecule has 158 valence electrons. The highest BCUT2D eigenvalue weighted by atomic mass is 19.1. The molecule has 6 nitrogen and oxygen atoms in total. The van der Waals surface area contributed by atoms with Crippen LogP contribution >= 0.6 is 0 Å². The van der Waals surface area contributed by atoms with Gasteiger partial charge in [0.2, 0.25) is 0 Å². The third-order valence-corrected chi connectivity index (χ3v) is 5.66. The quantitative estimate of drug-likeness (QED) is 0.555. The summed E-state index contributed by atoms with van der Waals surface area (Å²) in [6.07, 6.45) is 5.38. The number of methoxy groups -OCH3 is 1. The van der Waals surface area contributed by atoms with Crippen molar-refractivity contribution >= 4 is 16.7 Å². The number of nitrogens with zero attached hydrogens (tertiary/aromatic N) is 3. The normalized spacial score (nSPS) is 15.1. The molecule has 0 saturated carbocycles. The Morgan fingerprint density at radius 3 is 2.67 bits per heavy atom. The third-order valence-electron chi connectivity index (χ3n) is 5.66. The topological polar surface area (TPSA) is 56.6 Å². The number of benzene rings is 2. The van der Waals surface area contributed by atoms with Crippen LogP contribution in [0, 0.1) is 5.82 Å². The fourth-order valence-electron chi connectivity index (χ4n) is 4.05. The standard InChI is InChI=1S/C23H26FN3O3/c1-29-14-15-30-16-27-13-10-25-22(27)17-8-11-26(12-9-17)23(28)20-6-7-21(24)19-5-3-2-4-18(19)20/h2-7,10,13,17H,8-9,11-12,14-16H2,1H3. The zero-order chi connectivity index (χ0) is 20.9. The summed E-state index contributed by atoms with van der Waals surface area (Å²) in [4.78, 5) is 19.5. The van der Waals surface area contributed by atoms with Gasteiger partial charge in [0, 0.05) is 49.5 Å². The van der Waals surface area contributed by atoms with Crippen molar-refractivity contribution in [2.75, 3.05) is 33.4 Å². The van der Waals surface area contributed by atoms with Gasteiger partial charge in [-0.05, 0) is 30.4 Å². The lowest BCUT2D eigenvalue weighted by molar-refractivity contribution is 0.0318. The SMILES string of the molecule is COCCOCn1ccnc1C1CCN(C(=O)c2ccc(F)c3ccccc23)CC1. The Hall–Kier alpha value is -2.77. The summed E-state index contributed by atoms with van der Waals surface area (Å²) >= 11 is 0. The van der Waals surface area contributed by atoms with Crippen LogP contribution in [0.1, 0.15) is 34.9 Å². The molecule has 1 aliphatic heterocycles. The molecule has 0 radical (unpaired) electrons. The first-order valence-electron chi connectivity index (χ1n) is 10.2. The minimum atomic E-state index is -0.305. The number of piperidine rings is 1. The van der Waals surface area contributed by atoms with Gasteiger partial charge >= 0.3 is 0 Å². The average Bonchev–Trinajstić information content (AvgIpc) is 3.25. The van der Waals surface area contributed by atoms with Crippen molar-refractivity contribution in [1.29, 1.82) is 0 Å². The second-order valence-electron chi connectivity index (χ2n) is 7.49. The van der Waals surface area contributed by atoms with Crippen LogP contribution < -0.4 is 0 Å². The van der Waals surface area contributed by atoms with Crippen molar-refractivity contribution in [2.45, 2.75) is 25.5 Å². The molecule has 2 heterocycles. The van der Waals surface area contributed by atoms with E-state index in [1.807, 2.05) is 21.7 Å². The van der Waals surface area contributed by atoms with Gasteiger partial charge < -0.3 is 18.9 Å². The third kappa shape index (κ3) is 4.22. The Morgan fingerprint density at radius 2 is 1.90 bits per heavy atom. The number of carbonyl (C=O) groups excluding carboxylic acids is 1. The van der Waals surface area contributed by atoms with Crippen LogP contribution in [-0.2, 0) is 16.2 Å². The molecule has 1 aromatic heterocycles. The number of amides is 1. The molecule has 0 N–H and O–H groups in total. The number of likely N-dealkylation sites (tertiary alicyclic amines) is 1. The van der Waals surface area contributed by atoms with Gasteiger partial charge in [0.1, 0.15) is 18.4 Å². The molecule has 3 aromatic rings. The summed E-state index contributed by atoms with van der Waals surface area (Å²) in [5, 5.41) is 1.14. The molecule has 7 heteroatoms. The summed E-state index contributed by atoms with van der Waals surface area (Å²) in [5.41, 5.74) is 0.554. The highest BCUT2D eigenvalue weighted by Gasteiger charge is 2.28.